The number of esters is 2. The molecule has 45 heavy (non-hydrogen) atoms. The van der Waals surface area contributed by atoms with Gasteiger partial charge in [-0.3, -0.25) is 9.59 Å². The maximum Gasteiger partial charge on any atom is 0.356 e. The summed E-state index contributed by atoms with van der Waals surface area (Å²) in [5, 5.41) is 20.1. The normalized spacial score (nSPS) is 13.1. The molecule has 6 nitrogen and oxygen atoms in total. The molecule has 0 spiro atoms. The second-order valence-corrected chi connectivity index (χ2v) is 12.9. The molecule has 0 aliphatic rings. The number of carbonyl (C=O) groups excluding carboxylic acids is 3. The van der Waals surface area contributed by atoms with E-state index in [1.807, 2.05) is 0 Å². The summed E-state index contributed by atoms with van der Waals surface area (Å²) < 4.78 is 4.75. The summed E-state index contributed by atoms with van der Waals surface area (Å²) >= 11 is 0. The lowest BCUT2D eigenvalue weighted by Gasteiger charge is -2.21. The number of ether oxygens (including phenoxy) is 1. The summed E-state index contributed by atoms with van der Waals surface area (Å²) in [7, 11) is 0. The summed E-state index contributed by atoms with van der Waals surface area (Å²) in [6, 6.07) is 0. The molecule has 0 aromatic rings. The number of aliphatic hydroxyl groups excluding tert-OH is 1. The average molecular weight is 635 g/mol. The van der Waals surface area contributed by atoms with Crippen LogP contribution in [0, 0.1) is 0 Å². The quantitative estimate of drug-likeness (QED) is 0.0322. The highest BCUT2D eigenvalue weighted by Crippen LogP contribution is 2.17. The van der Waals surface area contributed by atoms with Crippen LogP contribution < -0.4 is 0 Å². The van der Waals surface area contributed by atoms with Crippen molar-refractivity contribution < 1.29 is 29.3 Å². The van der Waals surface area contributed by atoms with E-state index < -0.39 is 29.9 Å². The minimum Gasteiger partial charge on any atom is -0.392 e. The van der Waals surface area contributed by atoms with Crippen molar-refractivity contribution in [3.63, 3.8) is 0 Å². The third-order valence-electron chi connectivity index (χ3n) is 8.54. The summed E-state index contributed by atoms with van der Waals surface area (Å²) in [6.07, 6.45) is 38.6. The van der Waals surface area contributed by atoms with Gasteiger partial charge < -0.3 is 14.9 Å². The molecule has 0 bridgehead atoms. The van der Waals surface area contributed by atoms with Crippen molar-refractivity contribution in [2.24, 2.45) is 0 Å². The van der Waals surface area contributed by atoms with E-state index in [9.17, 15) is 24.6 Å². The third-order valence-corrected chi connectivity index (χ3v) is 8.54. The first-order valence-corrected chi connectivity index (χ1v) is 18.8. The van der Waals surface area contributed by atoms with E-state index in [2.05, 4.69) is 38.2 Å². The number of unbranched alkanes of at least 4 members (excludes halogenated alkanes) is 22. The maximum atomic E-state index is 12.5. The van der Waals surface area contributed by atoms with Gasteiger partial charge in [0.1, 0.15) is 0 Å². The van der Waals surface area contributed by atoms with Crippen molar-refractivity contribution in [1.29, 1.82) is 0 Å². The first kappa shape index (κ1) is 43.2. The molecule has 0 heterocycles. The molecule has 0 amide bonds. The van der Waals surface area contributed by atoms with Crippen LogP contribution in [0.4, 0.5) is 0 Å². The Hall–Kier alpha value is -1.79. The standard InChI is InChI=1S/C39H70O6/c1-3-5-7-9-11-13-15-17-19-21-23-25-27-29-31-33-36(41)39(44,35-40)38(43)45-37(42)34-32-30-28-26-24-22-20-18-16-14-12-10-8-6-4-2/h17-20,40,44H,3-16,21-35H2,1-2H3/b19-17-,20-18-. The molecule has 0 saturated carbocycles. The van der Waals surface area contributed by atoms with Crippen molar-refractivity contribution in [1.82, 2.24) is 0 Å². The lowest BCUT2D eigenvalue weighted by Crippen LogP contribution is -2.51. The van der Waals surface area contributed by atoms with Crippen molar-refractivity contribution in [3.8, 4) is 0 Å². The van der Waals surface area contributed by atoms with Crippen LogP contribution in [-0.2, 0) is 19.1 Å². The minimum absolute atomic E-state index is 0.0350. The molecule has 0 aliphatic heterocycles. The summed E-state index contributed by atoms with van der Waals surface area (Å²) in [5.74, 6) is -2.92. The fraction of sp³-hybridized carbons (Fsp3) is 0.821. The molecule has 0 aromatic heterocycles. The zero-order valence-corrected chi connectivity index (χ0v) is 29.3. The van der Waals surface area contributed by atoms with E-state index in [-0.39, 0.29) is 12.8 Å². The van der Waals surface area contributed by atoms with Gasteiger partial charge >= 0.3 is 11.9 Å². The molecule has 0 radical (unpaired) electrons. The van der Waals surface area contributed by atoms with E-state index >= 15 is 0 Å². The van der Waals surface area contributed by atoms with Crippen LogP contribution in [0.1, 0.15) is 194 Å². The van der Waals surface area contributed by atoms with Gasteiger partial charge in [0.25, 0.3) is 0 Å². The predicted molar refractivity (Wildman–Crippen MR) is 187 cm³/mol. The third kappa shape index (κ3) is 26.0. The second-order valence-electron chi connectivity index (χ2n) is 12.9. The number of hydrogen-bond acceptors (Lipinski definition) is 6. The number of Topliss-reactive ketones (excluding diaryl/α,β-unsaturated/α-hetero) is 1. The molecule has 0 aromatic carbocycles. The molecule has 262 valence electrons. The Morgan fingerprint density at radius 2 is 0.844 bits per heavy atom. The monoisotopic (exact) mass is 635 g/mol. The van der Waals surface area contributed by atoms with E-state index in [1.54, 1.807) is 0 Å². The molecule has 0 aliphatic carbocycles. The number of ketones is 1. The first-order valence-electron chi connectivity index (χ1n) is 18.8. The fourth-order valence-electron chi connectivity index (χ4n) is 5.41. The zero-order valence-electron chi connectivity index (χ0n) is 29.3. The molecular formula is C39H70O6. The fourth-order valence-corrected chi connectivity index (χ4v) is 5.41. The van der Waals surface area contributed by atoms with Crippen LogP contribution in [0.3, 0.4) is 0 Å². The molecule has 0 fully saturated rings. The van der Waals surface area contributed by atoms with E-state index in [0.29, 0.717) is 12.8 Å². The second kappa shape index (κ2) is 32.2. The topological polar surface area (TPSA) is 101 Å². The van der Waals surface area contributed by atoms with Gasteiger partial charge in [-0.15, -0.1) is 0 Å². The van der Waals surface area contributed by atoms with Crippen molar-refractivity contribution >= 4 is 17.7 Å². The van der Waals surface area contributed by atoms with E-state index in [0.717, 1.165) is 70.6 Å². The van der Waals surface area contributed by atoms with Gasteiger partial charge in [0.2, 0.25) is 5.60 Å². The van der Waals surface area contributed by atoms with Crippen LogP contribution >= 0.6 is 0 Å². The maximum absolute atomic E-state index is 12.5. The highest BCUT2D eigenvalue weighted by Gasteiger charge is 2.45. The average Bonchev–Trinajstić information content (AvgIpc) is 3.04. The molecule has 2 N–H and O–H groups in total. The first-order chi connectivity index (χ1) is 21.9. The van der Waals surface area contributed by atoms with Crippen molar-refractivity contribution in [3.05, 3.63) is 24.3 Å². The zero-order chi connectivity index (χ0) is 33.3. The molecule has 6 heteroatoms. The van der Waals surface area contributed by atoms with E-state index in [1.165, 1.54) is 83.5 Å². The number of hydrogen-bond donors (Lipinski definition) is 2. The van der Waals surface area contributed by atoms with Gasteiger partial charge in [-0.05, 0) is 64.2 Å². The Bertz CT molecular complexity index is 773. The number of carbonyl (C=O) groups is 3. The lowest BCUT2D eigenvalue weighted by molar-refractivity contribution is -0.179. The van der Waals surface area contributed by atoms with Gasteiger partial charge in [0.05, 0.1) is 6.61 Å². The smallest absolute Gasteiger partial charge is 0.356 e. The largest absolute Gasteiger partial charge is 0.392 e. The number of rotatable bonds is 33. The Balaban J connectivity index is 3.87. The molecule has 1 atom stereocenters. The lowest BCUT2D eigenvalue weighted by atomic mass is 9.94. The van der Waals surface area contributed by atoms with Gasteiger partial charge in [0.15, 0.2) is 5.78 Å². The molecule has 0 saturated heterocycles. The highest BCUT2D eigenvalue weighted by atomic mass is 16.6. The van der Waals surface area contributed by atoms with Gasteiger partial charge in [0, 0.05) is 12.8 Å². The van der Waals surface area contributed by atoms with Crippen LogP contribution in [0.2, 0.25) is 0 Å². The Morgan fingerprint density at radius 1 is 0.511 bits per heavy atom. The Morgan fingerprint density at radius 3 is 1.22 bits per heavy atom. The summed E-state index contributed by atoms with van der Waals surface area (Å²) in [5.41, 5.74) is -2.67. The minimum atomic E-state index is -2.67. The van der Waals surface area contributed by atoms with Gasteiger partial charge in [-0.25, -0.2) is 4.79 Å². The molecular weight excluding hydrogens is 564 g/mol. The van der Waals surface area contributed by atoms with Crippen molar-refractivity contribution in [2.45, 2.75) is 199 Å². The highest BCUT2D eigenvalue weighted by molar-refractivity contribution is 6.09. The summed E-state index contributed by atoms with van der Waals surface area (Å²) in [4.78, 5) is 37.0. The SMILES string of the molecule is CCCCCCCC/C=C\CCCCCCCC(=O)OC(=O)C(O)(CO)C(=O)CCCCCCC/C=C\CCCCCCCC. The number of allylic oxidation sites excluding steroid dienone is 4. The van der Waals surface area contributed by atoms with Crippen LogP contribution in [0.15, 0.2) is 24.3 Å². The van der Waals surface area contributed by atoms with Gasteiger partial charge in [-0.1, -0.05) is 141 Å². The van der Waals surface area contributed by atoms with Gasteiger partial charge in [-0.2, -0.15) is 0 Å². The Kier molecular flexibility index (Phi) is 30.9. The predicted octanol–water partition coefficient (Wildman–Crippen LogP) is 10.4. The van der Waals surface area contributed by atoms with Crippen molar-refractivity contribution in [2.75, 3.05) is 6.61 Å². The van der Waals surface area contributed by atoms with Crippen LogP contribution in [0.25, 0.3) is 0 Å². The summed E-state index contributed by atoms with van der Waals surface area (Å²) in [6.45, 7) is 3.39. The molecule has 1 unspecified atom stereocenters. The van der Waals surface area contributed by atoms with E-state index in [4.69, 9.17) is 4.74 Å². The Labute approximate surface area is 276 Å². The molecule has 0 rings (SSSR count). The van der Waals surface area contributed by atoms with Crippen LogP contribution in [0.5, 0.6) is 0 Å². The number of aliphatic hydroxyl groups is 2. The van der Waals surface area contributed by atoms with Crippen LogP contribution in [-0.4, -0.2) is 40.1 Å².